The summed E-state index contributed by atoms with van der Waals surface area (Å²) in [5, 5.41) is 24.3. The molecule has 0 bridgehead atoms. The van der Waals surface area contributed by atoms with Gasteiger partial charge in [-0.15, -0.1) is 0 Å². The normalized spacial score (nSPS) is 13.6. The number of rotatable bonds is 23. The first kappa shape index (κ1) is 71.7. The highest BCUT2D eigenvalue weighted by atomic mass is 35.5. The second kappa shape index (κ2) is 33.3. The van der Waals surface area contributed by atoms with Crippen molar-refractivity contribution in [2.45, 2.75) is 121 Å². The van der Waals surface area contributed by atoms with Gasteiger partial charge < -0.3 is 20.7 Å². The van der Waals surface area contributed by atoms with Crippen molar-refractivity contribution in [1.29, 1.82) is 0 Å². The monoisotopic (exact) mass is 1370 g/mol. The Morgan fingerprint density at radius 3 is 1.32 bits per heavy atom. The van der Waals surface area contributed by atoms with Crippen LogP contribution in [0.25, 0.3) is 17.1 Å². The molecular formula is C68H78Cl3N13O8S2. The molecular weight excluding hydrogens is 1300 g/mol. The predicted octanol–water partition coefficient (Wildman–Crippen LogP) is 13.0. The number of nitrogens with zero attached hydrogens (tertiary/aromatic N) is 10. The maximum Gasteiger partial charge on any atom is 0.255 e. The van der Waals surface area contributed by atoms with Crippen molar-refractivity contribution in [3.8, 4) is 17.1 Å². The minimum atomic E-state index is -3.63. The van der Waals surface area contributed by atoms with E-state index in [2.05, 4.69) is 53.1 Å². The smallest absolute Gasteiger partial charge is 0.255 e. The van der Waals surface area contributed by atoms with E-state index in [0.29, 0.717) is 74.8 Å². The van der Waals surface area contributed by atoms with Crippen molar-refractivity contribution in [2.24, 2.45) is 5.92 Å². The molecule has 496 valence electrons. The molecule has 26 heteroatoms. The number of carbonyl (C=O) groups excluding carboxylic acids is 3. The highest BCUT2D eigenvalue weighted by Crippen LogP contribution is 2.28. The van der Waals surface area contributed by atoms with E-state index in [1.807, 2.05) is 83.1 Å². The zero-order valence-corrected chi connectivity index (χ0v) is 57.6. The first-order valence-electron chi connectivity index (χ1n) is 30.9. The molecule has 3 unspecified atom stereocenters. The summed E-state index contributed by atoms with van der Waals surface area (Å²) in [5.74, 6) is -0.502. The van der Waals surface area contributed by atoms with Crippen LogP contribution >= 0.6 is 34.8 Å². The molecule has 0 saturated carbocycles. The number of benzene rings is 3. The van der Waals surface area contributed by atoms with E-state index >= 15 is 0 Å². The van der Waals surface area contributed by atoms with Gasteiger partial charge in [-0.25, -0.2) is 40.2 Å². The van der Waals surface area contributed by atoms with Gasteiger partial charge in [-0.1, -0.05) is 87.0 Å². The van der Waals surface area contributed by atoms with Crippen LogP contribution in [0.15, 0.2) is 163 Å². The summed E-state index contributed by atoms with van der Waals surface area (Å²) in [5.41, 5.74) is 8.50. The number of aromatic nitrogens is 9. The third-order valence-corrected chi connectivity index (χ3v) is 20.2. The molecule has 7 heterocycles. The Morgan fingerprint density at radius 2 is 0.947 bits per heavy atom. The maximum atomic E-state index is 13.2. The molecule has 21 nitrogen and oxygen atoms in total. The Kier molecular flexibility index (Phi) is 25.4. The van der Waals surface area contributed by atoms with Gasteiger partial charge in [0.2, 0.25) is 10.0 Å². The number of ether oxygens (including phenoxy) is 1. The lowest BCUT2D eigenvalue weighted by Gasteiger charge is -2.22. The molecule has 9 aromatic rings. The van der Waals surface area contributed by atoms with Gasteiger partial charge in [-0.05, 0) is 166 Å². The van der Waals surface area contributed by atoms with E-state index in [4.69, 9.17) is 39.5 Å². The van der Waals surface area contributed by atoms with Gasteiger partial charge in [0.25, 0.3) is 17.7 Å². The van der Waals surface area contributed by atoms with E-state index in [-0.39, 0.29) is 51.4 Å². The van der Waals surface area contributed by atoms with Crippen LogP contribution in [0.5, 0.6) is 0 Å². The number of amides is 3. The third-order valence-electron chi connectivity index (χ3n) is 15.9. The van der Waals surface area contributed by atoms with Gasteiger partial charge in [-0.3, -0.25) is 24.4 Å². The SMILES string of the molecule is CCCC(NC(=O)c1cnn(-c2ccc(Cl)cc2)c1C)c1ccc(S(=O)(=O)CC2CCOCC2)nc1.CCCC(NC(=O)c1cnn(-c2ccc(Cl)cc2)c1C)c1cccnc1.CCCC(NC(=O)c1cnn(-c2ccc(Cl)cc2)c1C)c1cncc(S(=O)(=O)N(C)C)c1. The zero-order chi connectivity index (χ0) is 67.7. The van der Waals surface area contributed by atoms with Gasteiger partial charge in [-0.2, -0.15) is 15.3 Å². The number of halogens is 3. The molecule has 3 N–H and O–H groups in total. The van der Waals surface area contributed by atoms with Crippen LogP contribution in [0.4, 0.5) is 0 Å². The first-order valence-corrected chi connectivity index (χ1v) is 35.1. The van der Waals surface area contributed by atoms with E-state index in [1.54, 1.807) is 106 Å². The minimum Gasteiger partial charge on any atom is -0.381 e. The van der Waals surface area contributed by atoms with E-state index in [0.717, 1.165) is 76.7 Å². The minimum absolute atomic E-state index is 0.0689. The summed E-state index contributed by atoms with van der Waals surface area (Å²) >= 11 is 17.9. The summed E-state index contributed by atoms with van der Waals surface area (Å²) < 4.78 is 62.3. The number of pyridine rings is 3. The number of carbonyl (C=O) groups is 3. The largest absolute Gasteiger partial charge is 0.381 e. The highest BCUT2D eigenvalue weighted by molar-refractivity contribution is 7.91. The number of hydrogen-bond donors (Lipinski definition) is 3. The number of nitrogens with one attached hydrogen (secondary N) is 3. The number of sulfonamides is 1. The molecule has 1 aliphatic heterocycles. The Labute approximate surface area is 564 Å². The summed E-state index contributed by atoms with van der Waals surface area (Å²) in [6.45, 7) is 12.9. The van der Waals surface area contributed by atoms with Crippen LogP contribution < -0.4 is 16.0 Å². The topological polar surface area (TPSA) is 260 Å². The second-order valence-electron chi connectivity index (χ2n) is 22.8. The van der Waals surface area contributed by atoms with Crippen molar-refractivity contribution in [2.75, 3.05) is 33.1 Å². The fraction of sp³-hybridized carbons (Fsp3) is 0.338. The third kappa shape index (κ3) is 18.4. The molecule has 0 aliphatic carbocycles. The standard InChI is InChI=1S/C26H31ClN4O4S.C22H26ClN5O3S.C20H21ClN4O/c1-3-4-24(20-5-10-25(28-15-20)36(33,34)17-19-11-13-35-14-12-19)30-26(32)23-16-29-31(18(23)2)22-8-6-21(27)7-9-22;1-5-6-21(16-11-19(13-24-12-16)32(30,31)27(3)4)26-22(29)20-14-25-28(15(20)2)18-9-7-17(23)8-10-18;1-3-5-19(15-6-4-11-22-12-15)24-20(26)18-13-23-25(14(18)2)17-9-7-16(21)8-10-17/h5-10,15-16,19,24H,3-4,11-14,17H2,1-2H3,(H,30,32);7-14,21H,5-6H2,1-4H3,(H,26,29);4,6-13,19H,3,5H2,1-2H3,(H,24,26). The molecule has 3 aromatic carbocycles. The quantitative estimate of drug-likeness (QED) is 0.0538. The molecule has 1 saturated heterocycles. The van der Waals surface area contributed by atoms with Gasteiger partial charge >= 0.3 is 0 Å². The predicted molar refractivity (Wildman–Crippen MR) is 364 cm³/mol. The Hall–Kier alpha value is -8.16. The first-order chi connectivity index (χ1) is 45.0. The van der Waals surface area contributed by atoms with Crippen LogP contribution in [-0.4, -0.2) is 116 Å². The van der Waals surface area contributed by atoms with Crippen molar-refractivity contribution in [3.05, 3.63) is 218 Å². The Morgan fingerprint density at radius 1 is 0.543 bits per heavy atom. The van der Waals surface area contributed by atoms with Crippen LogP contribution in [-0.2, 0) is 24.6 Å². The molecule has 1 aliphatic rings. The van der Waals surface area contributed by atoms with Crippen LogP contribution in [0.3, 0.4) is 0 Å². The van der Waals surface area contributed by atoms with Gasteiger partial charge in [0.1, 0.15) is 4.90 Å². The van der Waals surface area contributed by atoms with Crippen molar-refractivity contribution >= 4 is 72.4 Å². The van der Waals surface area contributed by atoms with Crippen molar-refractivity contribution < 1.29 is 36.0 Å². The lowest BCUT2D eigenvalue weighted by molar-refractivity contribution is 0.0723. The van der Waals surface area contributed by atoms with E-state index < -0.39 is 25.9 Å². The molecule has 3 atom stereocenters. The Bertz CT molecular complexity index is 4220. The van der Waals surface area contributed by atoms with Crippen molar-refractivity contribution in [3.63, 3.8) is 0 Å². The summed E-state index contributed by atoms with van der Waals surface area (Å²) in [4.78, 5) is 51.7. The molecule has 1 fully saturated rings. The fourth-order valence-corrected chi connectivity index (χ4v) is 13.5. The molecule has 94 heavy (non-hydrogen) atoms. The maximum absolute atomic E-state index is 13.2. The average Bonchev–Trinajstić information content (AvgIpc) is 1.54. The van der Waals surface area contributed by atoms with Crippen LogP contribution in [0.2, 0.25) is 15.1 Å². The van der Waals surface area contributed by atoms with E-state index in [1.165, 1.54) is 26.5 Å². The second-order valence-corrected chi connectivity index (χ2v) is 28.3. The van der Waals surface area contributed by atoms with E-state index in [9.17, 15) is 31.2 Å². The molecule has 0 radical (unpaired) electrons. The van der Waals surface area contributed by atoms with Crippen LogP contribution in [0, 0.1) is 26.7 Å². The Balaban J connectivity index is 0.000000183. The molecule has 0 spiro atoms. The molecule has 3 amide bonds. The lowest BCUT2D eigenvalue weighted by Crippen LogP contribution is -2.29. The van der Waals surface area contributed by atoms with Crippen molar-refractivity contribution in [1.82, 2.24) is 64.5 Å². The number of sulfone groups is 1. The summed E-state index contributed by atoms with van der Waals surface area (Å²) in [7, 11) is -4.18. The van der Waals surface area contributed by atoms with Gasteiger partial charge in [0.05, 0.1) is 93.3 Å². The zero-order valence-electron chi connectivity index (χ0n) is 53.7. The molecule has 6 aromatic heterocycles. The average molecular weight is 1380 g/mol. The van der Waals surface area contributed by atoms with Gasteiger partial charge in [0, 0.05) is 73.4 Å². The van der Waals surface area contributed by atoms with Crippen LogP contribution in [0.1, 0.15) is 155 Å². The van der Waals surface area contributed by atoms with Gasteiger partial charge in [0.15, 0.2) is 14.9 Å². The fourth-order valence-electron chi connectivity index (χ4n) is 10.6. The lowest BCUT2D eigenvalue weighted by atomic mass is 10.0. The number of hydrogen-bond acceptors (Lipinski definition) is 14. The summed E-state index contributed by atoms with van der Waals surface area (Å²) in [6, 6.07) is 29.7. The summed E-state index contributed by atoms with van der Waals surface area (Å²) in [6.07, 6.45) is 18.9. The molecule has 10 rings (SSSR count). The highest BCUT2D eigenvalue weighted by Gasteiger charge is 2.28.